The van der Waals surface area contributed by atoms with E-state index in [0.717, 1.165) is 23.3 Å². The smallest absolute Gasteiger partial charge is 0.172 e. The molecule has 0 spiro atoms. The highest BCUT2D eigenvalue weighted by molar-refractivity contribution is 5.72. The summed E-state index contributed by atoms with van der Waals surface area (Å²) in [4.78, 5) is 0. The molecule has 1 aromatic carbocycles. The van der Waals surface area contributed by atoms with E-state index in [4.69, 9.17) is 10.3 Å². The van der Waals surface area contributed by atoms with Crippen LogP contribution in [-0.4, -0.2) is 5.16 Å². The summed E-state index contributed by atoms with van der Waals surface area (Å²) < 4.78 is 5.51. The number of hydrogen-bond acceptors (Lipinski definition) is 3. The maximum atomic E-state index is 5.95. The van der Waals surface area contributed by atoms with E-state index in [1.165, 1.54) is 16.7 Å². The zero-order chi connectivity index (χ0) is 14.2. The Morgan fingerprint density at radius 2 is 1.74 bits per heavy atom. The maximum absolute atomic E-state index is 5.95. The summed E-state index contributed by atoms with van der Waals surface area (Å²) >= 11 is 0. The molecule has 1 heterocycles. The molecule has 2 N–H and O–H groups in total. The molecule has 0 aliphatic heterocycles. The number of nitrogens with zero attached hydrogens (tertiary/aromatic N) is 1. The van der Waals surface area contributed by atoms with Gasteiger partial charge in [-0.2, -0.15) is 0 Å². The van der Waals surface area contributed by atoms with Crippen molar-refractivity contribution < 1.29 is 4.52 Å². The lowest BCUT2D eigenvalue weighted by atomic mass is 9.93. The molecule has 0 saturated carbocycles. The Balaban J connectivity index is 2.60. The van der Waals surface area contributed by atoms with E-state index in [9.17, 15) is 0 Å². The van der Waals surface area contributed by atoms with Crippen LogP contribution in [0.25, 0.3) is 11.3 Å². The molecule has 0 saturated heterocycles. The van der Waals surface area contributed by atoms with Crippen molar-refractivity contribution in [2.24, 2.45) is 5.92 Å². The molecule has 1 aromatic heterocycles. The van der Waals surface area contributed by atoms with Crippen molar-refractivity contribution in [1.29, 1.82) is 0 Å². The molecule has 2 rings (SSSR count). The highest BCUT2D eigenvalue weighted by Crippen LogP contribution is 2.34. The van der Waals surface area contributed by atoms with Crippen LogP contribution in [0.3, 0.4) is 0 Å². The van der Waals surface area contributed by atoms with Gasteiger partial charge in [0.2, 0.25) is 0 Å². The molecule has 3 nitrogen and oxygen atoms in total. The van der Waals surface area contributed by atoms with Gasteiger partial charge in [0.15, 0.2) is 11.6 Å². The van der Waals surface area contributed by atoms with Crippen LogP contribution >= 0.6 is 0 Å². The second-order valence-electron chi connectivity index (χ2n) is 5.75. The van der Waals surface area contributed by atoms with Crippen molar-refractivity contribution in [3.8, 4) is 11.3 Å². The van der Waals surface area contributed by atoms with Gasteiger partial charge in [-0.3, -0.25) is 0 Å². The Morgan fingerprint density at radius 3 is 2.26 bits per heavy atom. The van der Waals surface area contributed by atoms with Gasteiger partial charge in [-0.05, 0) is 44.2 Å². The molecule has 0 atom stereocenters. The predicted octanol–water partition coefficient (Wildman–Crippen LogP) is 4.05. The Bertz CT molecular complexity index is 574. The summed E-state index contributed by atoms with van der Waals surface area (Å²) in [6, 6.07) is 4.33. The number of hydrogen-bond donors (Lipinski definition) is 1. The third-order valence-electron chi connectivity index (χ3n) is 3.34. The van der Waals surface area contributed by atoms with Gasteiger partial charge in [-0.15, -0.1) is 0 Å². The largest absolute Gasteiger partial charge is 0.381 e. The van der Waals surface area contributed by atoms with E-state index in [1.54, 1.807) is 0 Å². The number of aromatic nitrogens is 1. The van der Waals surface area contributed by atoms with E-state index in [0.29, 0.717) is 11.7 Å². The van der Waals surface area contributed by atoms with Crippen LogP contribution < -0.4 is 5.73 Å². The van der Waals surface area contributed by atoms with Crippen LogP contribution in [0.4, 0.5) is 5.82 Å². The lowest BCUT2D eigenvalue weighted by Gasteiger charge is -2.11. The summed E-state index contributed by atoms with van der Waals surface area (Å²) in [6.07, 6.45) is 0.886. The second-order valence-corrected chi connectivity index (χ2v) is 5.75. The average Bonchev–Trinajstić information content (AvgIpc) is 2.59. The first-order valence-electron chi connectivity index (χ1n) is 6.72. The minimum absolute atomic E-state index is 0.517. The Hall–Kier alpha value is -1.77. The van der Waals surface area contributed by atoms with Crippen LogP contribution in [-0.2, 0) is 6.42 Å². The first-order valence-corrected chi connectivity index (χ1v) is 6.72. The number of rotatable bonds is 3. The number of anilines is 1. The lowest BCUT2D eigenvalue weighted by molar-refractivity contribution is 0.434. The normalized spacial score (nSPS) is 11.3. The van der Waals surface area contributed by atoms with E-state index in [-0.39, 0.29) is 0 Å². The topological polar surface area (TPSA) is 52.0 Å². The molecule has 2 aromatic rings. The van der Waals surface area contributed by atoms with Crippen molar-refractivity contribution in [3.05, 3.63) is 34.4 Å². The highest BCUT2D eigenvalue weighted by Gasteiger charge is 2.20. The van der Waals surface area contributed by atoms with E-state index >= 15 is 0 Å². The zero-order valence-corrected chi connectivity index (χ0v) is 12.4. The fraction of sp³-hybridized carbons (Fsp3) is 0.438. The Kier molecular flexibility index (Phi) is 3.65. The third kappa shape index (κ3) is 2.65. The summed E-state index contributed by atoms with van der Waals surface area (Å²) in [5.74, 6) is 1.87. The minimum atomic E-state index is 0.517. The van der Waals surface area contributed by atoms with Crippen molar-refractivity contribution in [2.45, 2.75) is 41.0 Å². The monoisotopic (exact) mass is 258 g/mol. The lowest BCUT2D eigenvalue weighted by Crippen LogP contribution is -2.00. The van der Waals surface area contributed by atoms with Gasteiger partial charge in [-0.1, -0.05) is 36.7 Å². The van der Waals surface area contributed by atoms with Gasteiger partial charge in [0.1, 0.15) is 0 Å². The summed E-state index contributed by atoms with van der Waals surface area (Å²) in [7, 11) is 0. The number of benzene rings is 1. The number of aryl methyl sites for hydroxylation is 3. The molecule has 0 fully saturated rings. The molecule has 0 amide bonds. The average molecular weight is 258 g/mol. The SMILES string of the molecule is Cc1cc(C)c(-c2onc(N)c2CC(C)C)c(C)c1. The second kappa shape index (κ2) is 5.08. The van der Waals surface area contributed by atoms with Crippen LogP contribution in [0.2, 0.25) is 0 Å². The Labute approximate surface area is 114 Å². The van der Waals surface area contributed by atoms with Crippen LogP contribution in [0.15, 0.2) is 16.7 Å². The molecule has 0 radical (unpaired) electrons. The van der Waals surface area contributed by atoms with E-state index < -0.39 is 0 Å². The third-order valence-corrected chi connectivity index (χ3v) is 3.34. The van der Waals surface area contributed by atoms with E-state index in [1.807, 2.05) is 0 Å². The van der Waals surface area contributed by atoms with Crippen molar-refractivity contribution in [2.75, 3.05) is 5.73 Å². The van der Waals surface area contributed by atoms with Crippen LogP contribution in [0, 0.1) is 26.7 Å². The van der Waals surface area contributed by atoms with Gasteiger partial charge < -0.3 is 10.3 Å². The Morgan fingerprint density at radius 1 is 1.16 bits per heavy atom. The molecule has 0 aliphatic rings. The summed E-state index contributed by atoms with van der Waals surface area (Å²) in [5, 5.41) is 3.95. The molecule has 0 aliphatic carbocycles. The molecule has 0 bridgehead atoms. The van der Waals surface area contributed by atoms with Gasteiger partial charge >= 0.3 is 0 Å². The van der Waals surface area contributed by atoms with Crippen molar-refractivity contribution in [1.82, 2.24) is 5.16 Å². The standard InChI is InChI=1S/C16H22N2O/c1-9(2)6-13-15(19-18-16(13)17)14-11(4)7-10(3)8-12(14)5/h7-9H,6H2,1-5H3,(H2,17,18). The quantitative estimate of drug-likeness (QED) is 0.903. The molecule has 19 heavy (non-hydrogen) atoms. The van der Waals surface area contributed by atoms with Gasteiger partial charge in [0.05, 0.1) is 0 Å². The van der Waals surface area contributed by atoms with Gasteiger partial charge in [0.25, 0.3) is 0 Å². The van der Waals surface area contributed by atoms with Crippen LogP contribution in [0.5, 0.6) is 0 Å². The predicted molar refractivity (Wildman–Crippen MR) is 79.1 cm³/mol. The fourth-order valence-corrected chi connectivity index (χ4v) is 2.66. The minimum Gasteiger partial charge on any atom is -0.381 e. The van der Waals surface area contributed by atoms with E-state index in [2.05, 4.69) is 51.9 Å². The number of nitrogens with two attached hydrogens (primary N) is 1. The van der Waals surface area contributed by atoms with Crippen molar-refractivity contribution >= 4 is 5.82 Å². The van der Waals surface area contributed by atoms with Crippen molar-refractivity contribution in [3.63, 3.8) is 0 Å². The van der Waals surface area contributed by atoms with Gasteiger partial charge in [-0.25, -0.2) is 0 Å². The molecule has 3 heteroatoms. The first-order chi connectivity index (χ1) is 8.90. The fourth-order valence-electron chi connectivity index (χ4n) is 2.66. The maximum Gasteiger partial charge on any atom is 0.172 e. The number of nitrogen functional groups attached to an aromatic ring is 1. The molecule has 0 unspecified atom stereocenters. The highest BCUT2D eigenvalue weighted by atomic mass is 16.5. The molecular weight excluding hydrogens is 236 g/mol. The first kappa shape index (κ1) is 13.7. The van der Waals surface area contributed by atoms with Gasteiger partial charge in [0, 0.05) is 11.1 Å². The molecular formula is C16H22N2O. The summed E-state index contributed by atoms with van der Waals surface area (Å²) in [6.45, 7) is 10.7. The summed E-state index contributed by atoms with van der Waals surface area (Å²) in [5.41, 5.74) is 11.8. The zero-order valence-electron chi connectivity index (χ0n) is 12.4. The van der Waals surface area contributed by atoms with Crippen LogP contribution in [0.1, 0.15) is 36.1 Å². The molecule has 102 valence electrons.